The average Bonchev–Trinajstić information content (AvgIpc) is 2.78. The first-order valence-electron chi connectivity index (χ1n) is 9.93. The number of anilines is 1. The van der Waals surface area contributed by atoms with Crippen molar-refractivity contribution in [2.24, 2.45) is 0 Å². The minimum atomic E-state index is -2.86. The molecular weight excluding hydrogens is 459 g/mol. The molecule has 0 saturated carbocycles. The van der Waals surface area contributed by atoms with E-state index in [4.69, 9.17) is 23.2 Å². The Hall–Kier alpha value is -2.84. The zero-order valence-electron chi connectivity index (χ0n) is 16.8. The molecule has 1 N–H and O–H groups in total. The van der Waals surface area contributed by atoms with E-state index >= 15 is 0 Å². The summed E-state index contributed by atoms with van der Waals surface area (Å²) in [6.07, 6.45) is 3.72. The Morgan fingerprint density at radius 3 is 2.59 bits per heavy atom. The van der Waals surface area contributed by atoms with Crippen molar-refractivity contribution in [3.8, 4) is 11.4 Å². The van der Waals surface area contributed by atoms with Gasteiger partial charge in [0.15, 0.2) is 5.82 Å². The number of piperidine rings is 1. The van der Waals surface area contributed by atoms with Crippen molar-refractivity contribution in [1.82, 2.24) is 19.9 Å². The lowest BCUT2D eigenvalue weighted by Gasteiger charge is -2.39. The maximum atomic E-state index is 14.2. The van der Waals surface area contributed by atoms with Crippen molar-refractivity contribution < 1.29 is 13.6 Å². The van der Waals surface area contributed by atoms with Crippen molar-refractivity contribution in [3.05, 3.63) is 70.6 Å². The zero-order valence-corrected chi connectivity index (χ0v) is 18.3. The van der Waals surface area contributed by atoms with Crippen LogP contribution in [0.4, 0.5) is 14.6 Å². The summed E-state index contributed by atoms with van der Waals surface area (Å²) in [7, 11) is 0. The Morgan fingerprint density at radius 2 is 1.88 bits per heavy atom. The van der Waals surface area contributed by atoms with Crippen LogP contribution in [-0.4, -0.2) is 50.8 Å². The predicted molar refractivity (Wildman–Crippen MR) is 119 cm³/mol. The monoisotopic (exact) mass is 477 g/mol. The molecule has 3 aromatic rings. The van der Waals surface area contributed by atoms with E-state index in [0.29, 0.717) is 27.3 Å². The van der Waals surface area contributed by atoms with Crippen molar-refractivity contribution >= 4 is 34.9 Å². The Kier molecular flexibility index (Phi) is 6.53. The molecule has 1 unspecified atom stereocenters. The Morgan fingerprint density at radius 1 is 1.12 bits per heavy atom. The van der Waals surface area contributed by atoms with Gasteiger partial charge in [-0.3, -0.25) is 4.79 Å². The van der Waals surface area contributed by atoms with Gasteiger partial charge in [-0.1, -0.05) is 23.2 Å². The van der Waals surface area contributed by atoms with Gasteiger partial charge in [-0.2, -0.15) is 0 Å². The van der Waals surface area contributed by atoms with Crippen LogP contribution in [0.15, 0.2) is 55.0 Å². The largest absolute Gasteiger partial charge is 0.368 e. The number of carbonyl (C=O) groups is 1. The number of rotatable bonds is 5. The fourth-order valence-electron chi connectivity index (χ4n) is 3.66. The van der Waals surface area contributed by atoms with Crippen LogP contribution >= 0.6 is 23.2 Å². The molecule has 10 heteroatoms. The van der Waals surface area contributed by atoms with Gasteiger partial charge in [0, 0.05) is 55.1 Å². The highest BCUT2D eigenvalue weighted by Crippen LogP contribution is 2.34. The summed E-state index contributed by atoms with van der Waals surface area (Å²) in [5.41, 5.74) is 0.756. The lowest BCUT2D eigenvalue weighted by Crippen LogP contribution is -2.52. The first kappa shape index (κ1) is 22.4. The van der Waals surface area contributed by atoms with E-state index < -0.39 is 30.7 Å². The number of carbonyl (C=O) groups excluding carboxylic acids is 1. The van der Waals surface area contributed by atoms with E-state index in [1.807, 2.05) is 0 Å². The number of pyridine rings is 1. The summed E-state index contributed by atoms with van der Waals surface area (Å²) in [4.78, 5) is 27.5. The average molecular weight is 478 g/mol. The van der Waals surface area contributed by atoms with Gasteiger partial charge in [0.25, 0.3) is 11.8 Å². The van der Waals surface area contributed by atoms with Gasteiger partial charge in [0.2, 0.25) is 0 Å². The van der Waals surface area contributed by atoms with E-state index in [9.17, 15) is 13.6 Å². The predicted octanol–water partition coefficient (Wildman–Crippen LogP) is 5.20. The number of nitrogens with zero attached hydrogens (tertiary/aromatic N) is 4. The number of nitrogens with one attached hydrogen (secondary N) is 1. The number of aromatic nitrogens is 3. The molecule has 6 nitrogen and oxygen atoms in total. The summed E-state index contributed by atoms with van der Waals surface area (Å²) in [5, 5.41) is 3.85. The number of hydrogen-bond acceptors (Lipinski definition) is 5. The van der Waals surface area contributed by atoms with Gasteiger partial charge in [-0.05, 0) is 36.4 Å². The molecule has 0 bridgehead atoms. The van der Waals surface area contributed by atoms with Crippen LogP contribution in [0, 0.1) is 0 Å². The van der Waals surface area contributed by atoms with Crippen molar-refractivity contribution in [3.63, 3.8) is 0 Å². The molecule has 4 rings (SSSR count). The molecule has 3 heterocycles. The molecule has 1 aliphatic heterocycles. The first-order valence-corrected chi connectivity index (χ1v) is 10.7. The Balaban J connectivity index is 1.62. The lowest BCUT2D eigenvalue weighted by atomic mass is 9.96. The molecule has 1 amide bonds. The summed E-state index contributed by atoms with van der Waals surface area (Å²) < 4.78 is 28.5. The van der Waals surface area contributed by atoms with Crippen molar-refractivity contribution in [2.75, 3.05) is 18.4 Å². The van der Waals surface area contributed by atoms with E-state index in [-0.39, 0.29) is 18.7 Å². The van der Waals surface area contributed by atoms with Crippen LogP contribution in [-0.2, 0) is 0 Å². The highest BCUT2D eigenvalue weighted by molar-refractivity contribution is 6.31. The smallest absolute Gasteiger partial charge is 0.254 e. The summed E-state index contributed by atoms with van der Waals surface area (Å²) in [6.45, 7) is 0.0154. The number of likely N-dealkylation sites (tertiary alicyclic amines) is 1. The van der Waals surface area contributed by atoms with Crippen LogP contribution in [0.2, 0.25) is 10.0 Å². The molecule has 2 aromatic heterocycles. The molecule has 0 spiro atoms. The van der Waals surface area contributed by atoms with Crippen LogP contribution < -0.4 is 5.32 Å². The highest BCUT2D eigenvalue weighted by Gasteiger charge is 2.42. The van der Waals surface area contributed by atoms with E-state index in [2.05, 4.69) is 20.3 Å². The molecule has 166 valence electrons. The topological polar surface area (TPSA) is 71.0 Å². The number of benzene rings is 1. The molecule has 0 aliphatic carbocycles. The quantitative estimate of drug-likeness (QED) is 0.546. The second-order valence-corrected chi connectivity index (χ2v) is 8.34. The van der Waals surface area contributed by atoms with Crippen molar-refractivity contribution in [1.29, 1.82) is 0 Å². The third-order valence-electron chi connectivity index (χ3n) is 5.22. The minimum absolute atomic E-state index is 0.0895. The van der Waals surface area contributed by atoms with E-state index in [0.717, 1.165) is 0 Å². The molecule has 0 radical (unpaired) electrons. The summed E-state index contributed by atoms with van der Waals surface area (Å²) >= 11 is 12.0. The Labute approximate surface area is 193 Å². The number of hydrogen-bond donors (Lipinski definition) is 1. The van der Waals surface area contributed by atoms with Crippen LogP contribution in [0.3, 0.4) is 0 Å². The molecule has 1 fully saturated rings. The summed E-state index contributed by atoms with van der Waals surface area (Å²) in [5.74, 6) is -2.43. The van der Waals surface area contributed by atoms with Gasteiger partial charge in [0.1, 0.15) is 5.82 Å². The number of alkyl halides is 2. The third-order valence-corrected chi connectivity index (χ3v) is 5.68. The number of halogens is 4. The molecule has 1 aromatic carbocycles. The van der Waals surface area contributed by atoms with Gasteiger partial charge in [-0.15, -0.1) is 0 Å². The zero-order chi connectivity index (χ0) is 22.7. The molecule has 32 heavy (non-hydrogen) atoms. The van der Waals surface area contributed by atoms with Gasteiger partial charge in [-0.25, -0.2) is 23.7 Å². The van der Waals surface area contributed by atoms with Gasteiger partial charge in [0.05, 0.1) is 16.6 Å². The minimum Gasteiger partial charge on any atom is -0.368 e. The van der Waals surface area contributed by atoms with Crippen LogP contribution in [0.1, 0.15) is 23.2 Å². The SMILES string of the molecule is O=C(c1cc(Cl)ccc1-c1ncccn1)N1CCC(F)(F)CC1CNc1ccc(Cl)cn1. The first-order chi connectivity index (χ1) is 15.3. The molecule has 1 saturated heterocycles. The fourth-order valence-corrected chi connectivity index (χ4v) is 3.94. The van der Waals surface area contributed by atoms with Crippen molar-refractivity contribution in [2.45, 2.75) is 24.8 Å². The second kappa shape index (κ2) is 9.34. The molecule has 1 aliphatic rings. The third kappa shape index (κ3) is 5.14. The normalized spacial score (nSPS) is 17.8. The molecular formula is C22H19Cl2F2N5O. The van der Waals surface area contributed by atoms with Gasteiger partial charge >= 0.3 is 0 Å². The summed E-state index contributed by atoms with van der Waals surface area (Å²) in [6, 6.07) is 9.03. The van der Waals surface area contributed by atoms with Crippen LogP contribution in [0.25, 0.3) is 11.4 Å². The fraction of sp³-hybridized carbons (Fsp3) is 0.273. The number of amides is 1. The maximum Gasteiger partial charge on any atom is 0.254 e. The molecule has 1 atom stereocenters. The Bertz CT molecular complexity index is 1100. The van der Waals surface area contributed by atoms with Crippen LogP contribution in [0.5, 0.6) is 0 Å². The van der Waals surface area contributed by atoms with Gasteiger partial charge < -0.3 is 10.2 Å². The second-order valence-electron chi connectivity index (χ2n) is 7.47. The lowest BCUT2D eigenvalue weighted by molar-refractivity contribution is -0.0674. The highest BCUT2D eigenvalue weighted by atomic mass is 35.5. The van der Waals surface area contributed by atoms with E-state index in [1.54, 1.807) is 42.7 Å². The van der Waals surface area contributed by atoms with E-state index in [1.165, 1.54) is 17.2 Å². The standard InChI is InChI=1S/C22H19Cl2F2N5O/c23-14-2-4-17(20-27-7-1-8-28-20)18(10-14)21(32)31-9-6-22(25,26)11-16(31)13-30-19-5-3-15(24)12-29-19/h1-5,7-8,10,12,16H,6,9,11,13H2,(H,29,30). The maximum absolute atomic E-state index is 14.2.